The molecule has 6 nitrogen and oxygen atoms in total. The molecule has 2 heterocycles. The van der Waals surface area contributed by atoms with Crippen LogP contribution in [0.15, 0.2) is 36.5 Å². The molecule has 0 aliphatic carbocycles. The van der Waals surface area contributed by atoms with Gasteiger partial charge in [-0.25, -0.2) is 4.68 Å². The summed E-state index contributed by atoms with van der Waals surface area (Å²) < 4.78 is 6.89. The van der Waals surface area contributed by atoms with Crippen LogP contribution in [-0.2, 0) is 0 Å². The van der Waals surface area contributed by atoms with E-state index in [2.05, 4.69) is 17.3 Å². The number of carbonyl (C=O) groups excluding carboxylic acids is 1. The molecule has 1 unspecified atom stereocenters. The molecule has 1 aromatic heterocycles. The molecular formula is C18H25ClN4O2. The molecule has 1 fully saturated rings. The Bertz CT molecular complexity index is 681. The third kappa shape index (κ3) is 4.32. The third-order valence-electron chi connectivity index (χ3n) is 4.35. The second-order valence-electron chi connectivity index (χ2n) is 5.99. The zero-order valence-corrected chi connectivity index (χ0v) is 15.5. The largest absolute Gasteiger partial charge is 0.497 e. The Morgan fingerprint density at radius 2 is 2.12 bits per heavy atom. The maximum Gasteiger partial charge on any atom is 0.274 e. The lowest BCUT2D eigenvalue weighted by molar-refractivity contribution is 0.0685. The van der Waals surface area contributed by atoms with Crippen LogP contribution in [0.3, 0.4) is 0 Å². The van der Waals surface area contributed by atoms with Crippen LogP contribution in [0.1, 0.15) is 30.3 Å². The van der Waals surface area contributed by atoms with Gasteiger partial charge in [-0.2, -0.15) is 5.10 Å². The van der Waals surface area contributed by atoms with Crippen LogP contribution in [-0.4, -0.2) is 53.4 Å². The number of hydrogen-bond acceptors (Lipinski definition) is 4. The van der Waals surface area contributed by atoms with Crippen molar-refractivity contribution in [3.63, 3.8) is 0 Å². The first-order valence-corrected chi connectivity index (χ1v) is 8.44. The number of nitrogens with one attached hydrogen (secondary N) is 1. The predicted octanol–water partition coefficient (Wildman–Crippen LogP) is 2.52. The van der Waals surface area contributed by atoms with E-state index in [9.17, 15) is 4.79 Å². The lowest BCUT2D eigenvalue weighted by Crippen LogP contribution is -2.42. The minimum absolute atomic E-state index is 0. The van der Waals surface area contributed by atoms with Gasteiger partial charge in [0, 0.05) is 25.3 Å². The van der Waals surface area contributed by atoms with Crippen molar-refractivity contribution >= 4 is 18.3 Å². The quantitative estimate of drug-likeness (QED) is 0.855. The molecule has 1 saturated heterocycles. The Balaban J connectivity index is 0.00000225. The number of nitrogens with zero attached hydrogens (tertiary/aromatic N) is 3. The number of rotatable bonds is 6. The van der Waals surface area contributed by atoms with Gasteiger partial charge in [0.05, 0.1) is 12.8 Å². The standard InChI is InChI=1S/C18H24N4O2.ClH/c1-3-11-21(15-8-10-19-13-15)18(23)17-9-12-22(20-17)14-4-6-16(24-2)7-5-14;/h4-7,9,12,15,19H,3,8,10-11,13H2,1-2H3;1H. The van der Waals surface area contributed by atoms with E-state index in [-0.39, 0.29) is 24.4 Å². The van der Waals surface area contributed by atoms with Crippen molar-refractivity contribution in [2.75, 3.05) is 26.7 Å². The van der Waals surface area contributed by atoms with Gasteiger partial charge in [0.25, 0.3) is 5.91 Å². The molecule has 1 atom stereocenters. The van der Waals surface area contributed by atoms with Crippen LogP contribution in [0.2, 0.25) is 0 Å². The summed E-state index contributed by atoms with van der Waals surface area (Å²) in [5.41, 5.74) is 1.39. The van der Waals surface area contributed by atoms with Gasteiger partial charge in [0.15, 0.2) is 5.69 Å². The average Bonchev–Trinajstić information content (AvgIpc) is 3.31. The van der Waals surface area contributed by atoms with E-state index in [0.717, 1.165) is 43.9 Å². The highest BCUT2D eigenvalue weighted by atomic mass is 35.5. The summed E-state index contributed by atoms with van der Waals surface area (Å²) in [4.78, 5) is 14.8. The van der Waals surface area contributed by atoms with E-state index in [1.54, 1.807) is 17.9 Å². The van der Waals surface area contributed by atoms with Gasteiger partial charge in [0.2, 0.25) is 0 Å². The van der Waals surface area contributed by atoms with E-state index in [1.807, 2.05) is 35.4 Å². The molecule has 0 spiro atoms. The summed E-state index contributed by atoms with van der Waals surface area (Å²) in [6.07, 6.45) is 3.78. The first kappa shape index (κ1) is 19.3. The average molecular weight is 365 g/mol. The van der Waals surface area contributed by atoms with Crippen molar-refractivity contribution in [2.45, 2.75) is 25.8 Å². The Morgan fingerprint density at radius 1 is 1.36 bits per heavy atom. The number of aromatic nitrogens is 2. The molecular weight excluding hydrogens is 340 g/mol. The first-order valence-electron chi connectivity index (χ1n) is 8.44. The van der Waals surface area contributed by atoms with Gasteiger partial charge in [-0.15, -0.1) is 12.4 Å². The van der Waals surface area contributed by atoms with Gasteiger partial charge in [-0.3, -0.25) is 4.79 Å². The van der Waals surface area contributed by atoms with Crippen LogP contribution in [0.25, 0.3) is 5.69 Å². The summed E-state index contributed by atoms with van der Waals surface area (Å²) in [5.74, 6) is 0.808. The van der Waals surface area contributed by atoms with Crippen LogP contribution < -0.4 is 10.1 Å². The maximum atomic E-state index is 12.9. The molecule has 136 valence electrons. The minimum Gasteiger partial charge on any atom is -0.497 e. The van der Waals surface area contributed by atoms with Crippen molar-refractivity contribution in [1.29, 1.82) is 0 Å². The monoisotopic (exact) mass is 364 g/mol. The van der Waals surface area contributed by atoms with Crippen LogP contribution in [0.4, 0.5) is 0 Å². The number of benzene rings is 1. The fourth-order valence-corrected chi connectivity index (χ4v) is 3.06. The van der Waals surface area contributed by atoms with Crippen molar-refractivity contribution in [2.24, 2.45) is 0 Å². The van der Waals surface area contributed by atoms with Gasteiger partial charge in [0.1, 0.15) is 5.75 Å². The van der Waals surface area contributed by atoms with Gasteiger partial charge in [-0.1, -0.05) is 6.92 Å². The zero-order chi connectivity index (χ0) is 16.9. The van der Waals surface area contributed by atoms with E-state index in [1.165, 1.54) is 0 Å². The highest BCUT2D eigenvalue weighted by Crippen LogP contribution is 2.17. The summed E-state index contributed by atoms with van der Waals surface area (Å²) in [7, 11) is 1.64. The SMILES string of the molecule is CCCN(C(=O)c1ccn(-c2ccc(OC)cc2)n1)C1CCNC1.Cl. The molecule has 1 aliphatic rings. The fourth-order valence-electron chi connectivity index (χ4n) is 3.06. The normalized spacial score (nSPS) is 16.3. The van der Waals surface area contributed by atoms with E-state index >= 15 is 0 Å². The Hall–Kier alpha value is -2.05. The van der Waals surface area contributed by atoms with E-state index < -0.39 is 0 Å². The highest BCUT2D eigenvalue weighted by Gasteiger charge is 2.27. The van der Waals surface area contributed by atoms with Gasteiger partial charge in [-0.05, 0) is 49.7 Å². The number of hydrogen-bond donors (Lipinski definition) is 1. The molecule has 0 radical (unpaired) electrons. The molecule has 0 saturated carbocycles. The Morgan fingerprint density at radius 3 is 2.72 bits per heavy atom. The lowest BCUT2D eigenvalue weighted by atomic mass is 10.2. The molecule has 1 aromatic carbocycles. The second-order valence-corrected chi connectivity index (χ2v) is 5.99. The highest BCUT2D eigenvalue weighted by molar-refractivity contribution is 5.92. The topological polar surface area (TPSA) is 59.4 Å². The predicted molar refractivity (Wildman–Crippen MR) is 100.0 cm³/mol. The molecule has 25 heavy (non-hydrogen) atoms. The Labute approximate surface area is 154 Å². The summed E-state index contributed by atoms with van der Waals surface area (Å²) in [5, 5.41) is 7.80. The smallest absolute Gasteiger partial charge is 0.274 e. The van der Waals surface area contributed by atoms with Crippen molar-refractivity contribution < 1.29 is 9.53 Å². The zero-order valence-electron chi connectivity index (χ0n) is 14.6. The molecule has 1 N–H and O–H groups in total. The van der Waals surface area contributed by atoms with Crippen molar-refractivity contribution in [3.05, 3.63) is 42.2 Å². The van der Waals surface area contributed by atoms with E-state index in [4.69, 9.17) is 4.74 Å². The van der Waals surface area contributed by atoms with Crippen LogP contribution in [0.5, 0.6) is 5.75 Å². The van der Waals surface area contributed by atoms with Crippen molar-refractivity contribution in [3.8, 4) is 11.4 Å². The first-order chi connectivity index (χ1) is 11.7. The van der Waals surface area contributed by atoms with Crippen molar-refractivity contribution in [1.82, 2.24) is 20.0 Å². The molecule has 3 rings (SSSR count). The molecule has 2 aromatic rings. The number of amides is 1. The molecule has 1 aliphatic heterocycles. The molecule has 0 bridgehead atoms. The molecule has 1 amide bonds. The second kappa shape index (κ2) is 8.87. The summed E-state index contributed by atoms with van der Waals surface area (Å²) >= 11 is 0. The molecule has 7 heteroatoms. The Kier molecular flexibility index (Phi) is 6.84. The van der Waals surface area contributed by atoms with Crippen LogP contribution in [0, 0.1) is 0 Å². The third-order valence-corrected chi connectivity index (χ3v) is 4.35. The van der Waals surface area contributed by atoms with E-state index in [0.29, 0.717) is 5.69 Å². The minimum atomic E-state index is 0. The lowest BCUT2D eigenvalue weighted by Gasteiger charge is -2.27. The number of methoxy groups -OCH3 is 1. The van der Waals surface area contributed by atoms with Gasteiger partial charge < -0.3 is 15.0 Å². The van der Waals surface area contributed by atoms with Gasteiger partial charge >= 0.3 is 0 Å². The summed E-state index contributed by atoms with van der Waals surface area (Å²) in [6, 6.07) is 9.66. The van der Waals surface area contributed by atoms with Crippen LogP contribution >= 0.6 is 12.4 Å². The number of carbonyl (C=O) groups is 1. The maximum absolute atomic E-state index is 12.9. The fraction of sp³-hybridized carbons (Fsp3) is 0.444. The number of halogens is 1. The number of ether oxygens (including phenoxy) is 1. The summed E-state index contributed by atoms with van der Waals surface area (Å²) in [6.45, 7) is 4.70.